The van der Waals surface area contributed by atoms with Gasteiger partial charge in [0, 0.05) is 12.4 Å². The third kappa shape index (κ3) is 2.21. The van der Waals surface area contributed by atoms with E-state index in [4.69, 9.17) is 10.8 Å². The van der Waals surface area contributed by atoms with Gasteiger partial charge in [0.25, 0.3) is 0 Å². The molecule has 1 aromatic heterocycles. The molecule has 0 radical (unpaired) electrons. The molecule has 1 rings (SSSR count). The van der Waals surface area contributed by atoms with E-state index in [1.165, 1.54) is 6.20 Å². The summed E-state index contributed by atoms with van der Waals surface area (Å²) in [6.45, 7) is 0. The lowest BCUT2D eigenvalue weighted by atomic mass is 10.4. The number of rotatable bonds is 3. The van der Waals surface area contributed by atoms with E-state index in [1.807, 2.05) is 0 Å². The molecule has 0 bridgehead atoms. The first kappa shape index (κ1) is 8.48. The van der Waals surface area contributed by atoms with Crippen molar-refractivity contribution in [2.24, 2.45) is 5.73 Å². The number of pyridine rings is 1. The predicted molar refractivity (Wildman–Crippen MR) is 43.5 cm³/mol. The minimum absolute atomic E-state index is 0.590. The number of nitrogens with zero attached hydrogens (tertiary/aromatic N) is 1. The van der Waals surface area contributed by atoms with Crippen LogP contribution in [0.3, 0.4) is 0 Å². The van der Waals surface area contributed by atoms with Crippen molar-refractivity contribution in [1.82, 2.24) is 4.98 Å². The van der Waals surface area contributed by atoms with Crippen LogP contribution in [-0.2, 0) is 4.79 Å². The van der Waals surface area contributed by atoms with Crippen molar-refractivity contribution in [3.8, 4) is 0 Å². The van der Waals surface area contributed by atoms with Crippen LogP contribution >= 0.6 is 0 Å². The molecular formula is C7H9N3O2. The monoisotopic (exact) mass is 167 g/mol. The molecule has 0 saturated heterocycles. The van der Waals surface area contributed by atoms with E-state index in [9.17, 15) is 4.79 Å². The van der Waals surface area contributed by atoms with Crippen LogP contribution in [0.2, 0.25) is 0 Å². The second-order valence-electron chi connectivity index (χ2n) is 2.20. The average Bonchev–Trinajstić information content (AvgIpc) is 2.06. The Kier molecular flexibility index (Phi) is 2.60. The Balaban J connectivity index is 2.58. The van der Waals surface area contributed by atoms with Gasteiger partial charge < -0.3 is 16.2 Å². The van der Waals surface area contributed by atoms with Crippen molar-refractivity contribution in [3.05, 3.63) is 24.5 Å². The van der Waals surface area contributed by atoms with Crippen molar-refractivity contribution in [1.29, 1.82) is 0 Å². The van der Waals surface area contributed by atoms with Gasteiger partial charge >= 0.3 is 5.97 Å². The van der Waals surface area contributed by atoms with Crippen LogP contribution in [0.5, 0.6) is 0 Å². The van der Waals surface area contributed by atoms with E-state index in [0.717, 1.165) is 0 Å². The summed E-state index contributed by atoms with van der Waals surface area (Å²) in [6.07, 6.45) is 2.01. The largest absolute Gasteiger partial charge is 0.479 e. The summed E-state index contributed by atoms with van der Waals surface area (Å²) in [7, 11) is 0. The molecule has 0 aromatic carbocycles. The Labute approximate surface area is 69.2 Å². The second kappa shape index (κ2) is 3.68. The number of anilines is 1. The summed E-state index contributed by atoms with van der Waals surface area (Å²) in [5, 5.41) is 11.0. The lowest BCUT2D eigenvalue weighted by Gasteiger charge is -2.08. The van der Waals surface area contributed by atoms with Crippen LogP contribution in [0.4, 0.5) is 5.69 Å². The van der Waals surface area contributed by atoms with E-state index in [1.54, 1.807) is 18.3 Å². The summed E-state index contributed by atoms with van der Waals surface area (Å²) in [5.74, 6) is -1.10. The summed E-state index contributed by atoms with van der Waals surface area (Å²) in [4.78, 5) is 14.1. The number of hydrogen-bond donors (Lipinski definition) is 3. The fourth-order valence-corrected chi connectivity index (χ4v) is 0.689. The molecule has 1 heterocycles. The molecule has 5 nitrogen and oxygen atoms in total. The van der Waals surface area contributed by atoms with E-state index in [0.29, 0.717) is 5.69 Å². The van der Waals surface area contributed by atoms with Gasteiger partial charge in [-0.1, -0.05) is 0 Å². The van der Waals surface area contributed by atoms with Crippen LogP contribution in [0.1, 0.15) is 0 Å². The number of nitrogens with one attached hydrogen (secondary N) is 1. The van der Waals surface area contributed by atoms with Gasteiger partial charge in [0.05, 0.1) is 5.69 Å². The number of nitrogens with two attached hydrogens (primary N) is 1. The van der Waals surface area contributed by atoms with Gasteiger partial charge in [-0.15, -0.1) is 0 Å². The van der Waals surface area contributed by atoms with Gasteiger partial charge in [0.2, 0.25) is 0 Å². The Morgan fingerprint density at radius 3 is 3.00 bits per heavy atom. The molecule has 0 aliphatic carbocycles. The molecule has 1 aromatic rings. The minimum Gasteiger partial charge on any atom is -0.479 e. The number of carbonyl (C=O) groups is 1. The maximum Gasteiger partial charge on any atom is 0.341 e. The topological polar surface area (TPSA) is 88.2 Å². The summed E-state index contributed by atoms with van der Waals surface area (Å²) < 4.78 is 0. The van der Waals surface area contributed by atoms with Crippen molar-refractivity contribution >= 4 is 11.7 Å². The van der Waals surface area contributed by atoms with E-state index < -0.39 is 12.1 Å². The molecule has 64 valence electrons. The van der Waals surface area contributed by atoms with E-state index >= 15 is 0 Å². The molecular weight excluding hydrogens is 158 g/mol. The van der Waals surface area contributed by atoms with Crippen LogP contribution in [0, 0.1) is 0 Å². The molecule has 12 heavy (non-hydrogen) atoms. The van der Waals surface area contributed by atoms with Crippen LogP contribution in [0.25, 0.3) is 0 Å². The molecule has 0 saturated carbocycles. The third-order valence-electron chi connectivity index (χ3n) is 1.25. The zero-order valence-electron chi connectivity index (χ0n) is 6.27. The highest BCUT2D eigenvalue weighted by atomic mass is 16.4. The first-order chi connectivity index (χ1) is 5.70. The number of carboxylic acids is 1. The SMILES string of the molecule is NC(Nc1cccnc1)C(=O)O. The van der Waals surface area contributed by atoms with Crippen molar-refractivity contribution in [2.75, 3.05) is 5.32 Å². The molecule has 0 amide bonds. The van der Waals surface area contributed by atoms with E-state index in [-0.39, 0.29) is 0 Å². The van der Waals surface area contributed by atoms with Crippen molar-refractivity contribution < 1.29 is 9.90 Å². The molecule has 0 aliphatic rings. The molecule has 5 heteroatoms. The number of aliphatic carboxylic acids is 1. The first-order valence-corrected chi connectivity index (χ1v) is 3.35. The fraction of sp³-hybridized carbons (Fsp3) is 0.143. The van der Waals surface area contributed by atoms with Gasteiger partial charge in [0.1, 0.15) is 0 Å². The standard InChI is InChI=1S/C7H9N3O2/c8-6(7(11)12)10-5-2-1-3-9-4-5/h1-4,6,10H,8H2,(H,11,12). The third-order valence-corrected chi connectivity index (χ3v) is 1.25. The van der Waals surface area contributed by atoms with E-state index in [2.05, 4.69) is 10.3 Å². The molecule has 0 fully saturated rings. The van der Waals surface area contributed by atoms with Gasteiger partial charge in [-0.2, -0.15) is 0 Å². The summed E-state index contributed by atoms with van der Waals surface area (Å²) >= 11 is 0. The smallest absolute Gasteiger partial charge is 0.341 e. The van der Waals surface area contributed by atoms with Crippen LogP contribution in [-0.4, -0.2) is 22.2 Å². The molecule has 1 unspecified atom stereocenters. The maximum atomic E-state index is 10.3. The molecule has 0 aliphatic heterocycles. The minimum atomic E-state index is -1.10. The molecule has 1 atom stereocenters. The zero-order valence-corrected chi connectivity index (χ0v) is 6.27. The maximum absolute atomic E-state index is 10.3. The van der Waals surface area contributed by atoms with Crippen LogP contribution < -0.4 is 11.1 Å². The van der Waals surface area contributed by atoms with Crippen molar-refractivity contribution in [3.63, 3.8) is 0 Å². The number of aromatic nitrogens is 1. The quantitative estimate of drug-likeness (QED) is 0.545. The second-order valence-corrected chi connectivity index (χ2v) is 2.20. The normalized spacial score (nSPS) is 12.1. The highest BCUT2D eigenvalue weighted by Gasteiger charge is 2.09. The summed E-state index contributed by atoms with van der Waals surface area (Å²) in [6, 6.07) is 3.38. The number of hydrogen-bond acceptors (Lipinski definition) is 4. The lowest BCUT2D eigenvalue weighted by molar-refractivity contribution is -0.137. The lowest BCUT2D eigenvalue weighted by Crippen LogP contribution is -2.37. The predicted octanol–water partition coefficient (Wildman–Crippen LogP) is -0.137. The highest BCUT2D eigenvalue weighted by Crippen LogP contribution is 2.02. The number of carboxylic acid groups (broad SMARTS) is 1. The Hall–Kier alpha value is -1.62. The van der Waals surface area contributed by atoms with Crippen molar-refractivity contribution in [2.45, 2.75) is 6.17 Å². The van der Waals surface area contributed by atoms with Gasteiger partial charge in [-0.25, -0.2) is 4.79 Å². The Bertz CT molecular complexity index is 263. The average molecular weight is 167 g/mol. The summed E-state index contributed by atoms with van der Waals surface area (Å²) in [5.41, 5.74) is 5.80. The first-order valence-electron chi connectivity index (χ1n) is 3.35. The fourth-order valence-electron chi connectivity index (χ4n) is 0.689. The Morgan fingerprint density at radius 2 is 2.50 bits per heavy atom. The zero-order chi connectivity index (χ0) is 8.97. The van der Waals surface area contributed by atoms with Crippen LogP contribution in [0.15, 0.2) is 24.5 Å². The Morgan fingerprint density at radius 1 is 1.75 bits per heavy atom. The molecule has 4 N–H and O–H groups in total. The van der Waals surface area contributed by atoms with Gasteiger partial charge in [-0.05, 0) is 12.1 Å². The van der Waals surface area contributed by atoms with Gasteiger partial charge in [0.15, 0.2) is 6.17 Å². The molecule has 0 spiro atoms. The highest BCUT2D eigenvalue weighted by molar-refractivity contribution is 5.76. The van der Waals surface area contributed by atoms with Gasteiger partial charge in [-0.3, -0.25) is 4.98 Å².